The van der Waals surface area contributed by atoms with E-state index in [1.165, 1.54) is 16.5 Å². The van der Waals surface area contributed by atoms with Crippen LogP contribution in [-0.4, -0.2) is 3.59 Å². The molecule has 0 aliphatic carbocycles. The third-order valence-corrected chi connectivity index (χ3v) is 2.95. The highest BCUT2D eigenvalue weighted by Gasteiger charge is 2.02. The summed E-state index contributed by atoms with van der Waals surface area (Å²) in [5.74, 6) is 0.600. The number of fused-ring (bicyclic) bond motifs is 1. The van der Waals surface area contributed by atoms with Crippen molar-refractivity contribution >= 4 is 27.1 Å². The van der Waals surface area contributed by atoms with Crippen LogP contribution in [0.15, 0.2) is 30.5 Å². The van der Waals surface area contributed by atoms with Crippen molar-refractivity contribution in [2.45, 2.75) is 19.8 Å². The highest BCUT2D eigenvalue weighted by molar-refractivity contribution is 9.08. The molecule has 0 amide bonds. The number of hydrogen-bond acceptors (Lipinski definition) is 0. The Kier molecular flexibility index (Phi) is 2.16. The van der Waals surface area contributed by atoms with Crippen LogP contribution in [0, 0.1) is 0 Å². The molecular weight excluding hydrogens is 226 g/mol. The van der Waals surface area contributed by atoms with Gasteiger partial charge in [0.05, 0.1) is 21.7 Å². The molecule has 0 aliphatic rings. The molecular formula is C11H12BrN. The quantitative estimate of drug-likeness (QED) is 0.709. The van der Waals surface area contributed by atoms with E-state index in [9.17, 15) is 0 Å². The second kappa shape index (κ2) is 3.18. The highest BCUT2D eigenvalue weighted by Crippen LogP contribution is 2.23. The Hall–Kier alpha value is -0.760. The van der Waals surface area contributed by atoms with Crippen molar-refractivity contribution < 1.29 is 0 Å². The first-order valence-corrected chi connectivity index (χ1v) is 5.16. The van der Waals surface area contributed by atoms with E-state index in [0.717, 1.165) is 0 Å². The fourth-order valence-electron chi connectivity index (χ4n) is 1.49. The van der Waals surface area contributed by atoms with Crippen LogP contribution in [0.3, 0.4) is 0 Å². The van der Waals surface area contributed by atoms with Crippen molar-refractivity contribution in [3.8, 4) is 0 Å². The molecule has 1 aromatic carbocycles. The van der Waals surface area contributed by atoms with Crippen LogP contribution in [0.1, 0.15) is 25.3 Å². The molecule has 2 aromatic rings. The lowest BCUT2D eigenvalue weighted by molar-refractivity contribution is 0.869. The van der Waals surface area contributed by atoms with Gasteiger partial charge in [0.25, 0.3) is 0 Å². The predicted molar refractivity (Wildman–Crippen MR) is 60.4 cm³/mol. The van der Waals surface area contributed by atoms with Crippen LogP contribution in [0.25, 0.3) is 10.9 Å². The number of hydrogen-bond donors (Lipinski definition) is 0. The minimum absolute atomic E-state index is 0.600. The number of benzene rings is 1. The summed E-state index contributed by atoms with van der Waals surface area (Å²) in [7, 11) is 0. The smallest absolute Gasteiger partial charge is 0.0591 e. The van der Waals surface area contributed by atoms with Gasteiger partial charge in [-0.05, 0) is 29.7 Å². The molecule has 13 heavy (non-hydrogen) atoms. The second-order valence-corrected chi connectivity index (χ2v) is 4.36. The van der Waals surface area contributed by atoms with Gasteiger partial charge < -0.3 is 0 Å². The SMILES string of the molecule is CC(C)c1ccc2c(ccn2Br)c1. The second-order valence-electron chi connectivity index (χ2n) is 3.60. The third kappa shape index (κ3) is 1.51. The zero-order valence-corrected chi connectivity index (χ0v) is 9.38. The molecule has 1 heterocycles. The Morgan fingerprint density at radius 1 is 1.23 bits per heavy atom. The molecule has 2 rings (SSSR count). The van der Waals surface area contributed by atoms with Crippen molar-refractivity contribution in [1.29, 1.82) is 0 Å². The molecule has 0 spiro atoms. The fraction of sp³-hybridized carbons (Fsp3) is 0.273. The average molecular weight is 238 g/mol. The van der Waals surface area contributed by atoms with Crippen molar-refractivity contribution in [2.24, 2.45) is 0 Å². The first-order valence-electron chi connectivity index (χ1n) is 4.45. The van der Waals surface area contributed by atoms with Gasteiger partial charge in [0.1, 0.15) is 0 Å². The molecule has 0 fully saturated rings. The van der Waals surface area contributed by atoms with Gasteiger partial charge >= 0.3 is 0 Å². The van der Waals surface area contributed by atoms with Gasteiger partial charge in [-0.1, -0.05) is 19.9 Å². The summed E-state index contributed by atoms with van der Waals surface area (Å²) in [5, 5.41) is 1.29. The van der Waals surface area contributed by atoms with E-state index in [-0.39, 0.29) is 0 Å². The van der Waals surface area contributed by atoms with Gasteiger partial charge in [0, 0.05) is 11.6 Å². The minimum atomic E-state index is 0.600. The summed E-state index contributed by atoms with van der Waals surface area (Å²) in [6.07, 6.45) is 2.02. The standard InChI is InChI=1S/C11H12BrN/c1-8(2)9-3-4-11-10(7-9)5-6-13(11)12/h3-8H,1-2H3. The van der Waals surface area contributed by atoms with Crippen molar-refractivity contribution in [2.75, 3.05) is 0 Å². The summed E-state index contributed by atoms with van der Waals surface area (Å²) < 4.78 is 1.96. The molecule has 1 aromatic heterocycles. The number of nitrogens with zero attached hydrogens (tertiary/aromatic N) is 1. The van der Waals surface area contributed by atoms with E-state index in [1.807, 2.05) is 9.79 Å². The van der Waals surface area contributed by atoms with Gasteiger partial charge in [-0.15, -0.1) is 0 Å². The Bertz CT molecular complexity index is 429. The molecule has 0 unspecified atom stereocenters. The van der Waals surface area contributed by atoms with Gasteiger partial charge in [0.2, 0.25) is 0 Å². The Balaban J connectivity index is 2.63. The lowest BCUT2D eigenvalue weighted by Gasteiger charge is -2.04. The zero-order valence-electron chi connectivity index (χ0n) is 7.79. The van der Waals surface area contributed by atoms with Crippen LogP contribution in [-0.2, 0) is 0 Å². The normalized spacial score (nSPS) is 11.4. The van der Waals surface area contributed by atoms with E-state index in [2.05, 4.69) is 54.3 Å². The number of rotatable bonds is 1. The van der Waals surface area contributed by atoms with Crippen molar-refractivity contribution in [1.82, 2.24) is 3.59 Å². The van der Waals surface area contributed by atoms with Gasteiger partial charge in [-0.2, -0.15) is 0 Å². The maximum absolute atomic E-state index is 3.45. The van der Waals surface area contributed by atoms with E-state index in [0.29, 0.717) is 5.92 Å². The van der Waals surface area contributed by atoms with E-state index < -0.39 is 0 Å². The average Bonchev–Trinajstić information content (AvgIpc) is 2.47. The first-order chi connectivity index (χ1) is 6.18. The number of aromatic nitrogens is 1. The van der Waals surface area contributed by atoms with Crippen LogP contribution in [0.5, 0.6) is 0 Å². The summed E-state index contributed by atoms with van der Waals surface area (Å²) >= 11 is 3.45. The molecule has 0 bridgehead atoms. The van der Waals surface area contributed by atoms with Crippen LogP contribution in [0.4, 0.5) is 0 Å². The maximum atomic E-state index is 3.45. The van der Waals surface area contributed by atoms with E-state index in [1.54, 1.807) is 0 Å². The van der Waals surface area contributed by atoms with E-state index >= 15 is 0 Å². The topological polar surface area (TPSA) is 4.93 Å². The highest BCUT2D eigenvalue weighted by atomic mass is 79.9. The largest absolute Gasteiger partial charge is 0.284 e. The minimum Gasteiger partial charge on any atom is -0.284 e. The van der Waals surface area contributed by atoms with Crippen molar-refractivity contribution in [3.63, 3.8) is 0 Å². The third-order valence-electron chi connectivity index (χ3n) is 2.33. The molecule has 68 valence electrons. The first kappa shape index (κ1) is 8.82. The predicted octanol–water partition coefficient (Wildman–Crippen LogP) is 3.92. The monoisotopic (exact) mass is 237 g/mol. The number of halogens is 1. The van der Waals surface area contributed by atoms with Gasteiger partial charge in [-0.3, -0.25) is 3.59 Å². The summed E-state index contributed by atoms with van der Waals surface area (Å²) in [5.41, 5.74) is 2.62. The molecule has 0 atom stereocenters. The Morgan fingerprint density at radius 2 is 2.00 bits per heavy atom. The molecule has 0 radical (unpaired) electrons. The lowest BCUT2D eigenvalue weighted by atomic mass is 10.0. The van der Waals surface area contributed by atoms with E-state index in [4.69, 9.17) is 0 Å². The zero-order chi connectivity index (χ0) is 9.42. The summed E-state index contributed by atoms with van der Waals surface area (Å²) in [6.45, 7) is 4.43. The Morgan fingerprint density at radius 3 is 2.69 bits per heavy atom. The van der Waals surface area contributed by atoms with Crippen LogP contribution >= 0.6 is 16.1 Å². The lowest BCUT2D eigenvalue weighted by Crippen LogP contribution is -1.86. The van der Waals surface area contributed by atoms with Gasteiger partial charge in [-0.25, -0.2) is 0 Å². The molecule has 0 aliphatic heterocycles. The molecule has 0 saturated heterocycles. The van der Waals surface area contributed by atoms with Crippen LogP contribution < -0.4 is 0 Å². The van der Waals surface area contributed by atoms with Gasteiger partial charge in [0.15, 0.2) is 0 Å². The van der Waals surface area contributed by atoms with Crippen LogP contribution in [0.2, 0.25) is 0 Å². The maximum Gasteiger partial charge on any atom is 0.0591 e. The molecule has 0 saturated carbocycles. The Labute approximate surface area is 86.7 Å². The summed E-state index contributed by atoms with van der Waals surface area (Å²) in [4.78, 5) is 0. The summed E-state index contributed by atoms with van der Waals surface area (Å²) in [6, 6.07) is 8.71. The molecule has 2 heteroatoms. The molecule has 0 N–H and O–H groups in total. The fourth-order valence-corrected chi connectivity index (χ4v) is 1.93. The van der Waals surface area contributed by atoms with Crippen molar-refractivity contribution in [3.05, 3.63) is 36.0 Å². The molecule has 1 nitrogen and oxygen atoms in total.